The molecule has 338 valence electrons. The molecule has 11 rings (SSSR count). The fourth-order valence-electron chi connectivity index (χ4n) is 12.5. The highest BCUT2D eigenvalue weighted by atomic mass is 15.2. The van der Waals surface area contributed by atoms with Gasteiger partial charge in [0, 0.05) is 45.5 Å². The molecule has 3 nitrogen and oxygen atoms in total. The van der Waals surface area contributed by atoms with Gasteiger partial charge in [0.1, 0.15) is 0 Å². The zero-order chi connectivity index (χ0) is 46.9. The Morgan fingerprint density at radius 3 is 1.49 bits per heavy atom. The second kappa shape index (κ2) is 15.5. The van der Waals surface area contributed by atoms with E-state index in [1.54, 1.807) is 5.56 Å². The topological polar surface area (TPSA) is 9.72 Å². The fraction of sp³-hybridized carbons (Fsp3) is 0.333. The minimum absolute atomic E-state index is 0.0378. The molecule has 4 heteroatoms. The maximum absolute atomic E-state index is 2.68. The number of anilines is 9. The normalized spacial score (nSPS) is 17.8. The Balaban J connectivity index is 1.27. The van der Waals surface area contributed by atoms with Gasteiger partial charge in [-0.15, -0.1) is 0 Å². The number of fused-ring (bicyclic) bond motifs is 6. The van der Waals surface area contributed by atoms with Gasteiger partial charge in [-0.25, -0.2) is 0 Å². The van der Waals surface area contributed by atoms with Crippen molar-refractivity contribution >= 4 is 74.3 Å². The van der Waals surface area contributed by atoms with E-state index >= 15 is 0 Å². The van der Waals surface area contributed by atoms with Crippen LogP contribution in [0.15, 0.2) is 133 Å². The molecule has 0 amide bonds. The second-order valence-electron chi connectivity index (χ2n) is 23.5. The zero-order valence-electron chi connectivity index (χ0n) is 42.1. The first kappa shape index (κ1) is 43.6. The molecule has 2 heterocycles. The molecule has 7 aromatic rings. The van der Waals surface area contributed by atoms with Crippen LogP contribution in [0, 0.1) is 25.2 Å². The number of rotatable bonds is 6. The quantitative estimate of drug-likeness (QED) is 0.154. The van der Waals surface area contributed by atoms with Crippen LogP contribution in [0.1, 0.15) is 126 Å². The van der Waals surface area contributed by atoms with Gasteiger partial charge in [0.05, 0.1) is 5.69 Å². The van der Waals surface area contributed by atoms with Gasteiger partial charge in [0.2, 0.25) is 0 Å². The summed E-state index contributed by atoms with van der Waals surface area (Å²) in [5.41, 5.74) is 26.9. The maximum Gasteiger partial charge on any atom is 0.252 e. The van der Waals surface area contributed by atoms with Crippen molar-refractivity contribution in [3.05, 3.63) is 178 Å². The fourth-order valence-corrected chi connectivity index (χ4v) is 12.5. The van der Waals surface area contributed by atoms with E-state index in [-0.39, 0.29) is 23.0 Å². The lowest BCUT2D eigenvalue weighted by atomic mass is 9.33. The van der Waals surface area contributed by atoms with Gasteiger partial charge in [-0.05, 0) is 189 Å². The standard InChI is InChI=1S/C63H68BN3/c1-13-50-41(4)30-42-32-56-53(36-51(42)50)64-52-31-43-37-63(11,12)38-44(43)33-57(52)67(55-21-17-15-19-40(55)3)59-35-49(34-58(60(59)64)66(56)54-20-16-14-18-39(54)2)65(47-26-22-45(23-27-47)61(5,6)7)48-28-24-46(25-29-48)62(8,9)10/h14-29,31-36,41,50H,13,30,37-38H2,1-12H3. The molecule has 2 aliphatic carbocycles. The highest BCUT2D eigenvalue weighted by Crippen LogP contribution is 2.52. The number of hydrogen-bond acceptors (Lipinski definition) is 3. The van der Waals surface area contributed by atoms with Gasteiger partial charge >= 0.3 is 0 Å². The number of nitrogens with zero attached hydrogens (tertiary/aromatic N) is 3. The van der Waals surface area contributed by atoms with E-state index in [1.165, 1.54) is 89.5 Å². The van der Waals surface area contributed by atoms with Crippen molar-refractivity contribution < 1.29 is 0 Å². The smallest absolute Gasteiger partial charge is 0.252 e. The lowest BCUT2D eigenvalue weighted by Crippen LogP contribution is -2.61. The van der Waals surface area contributed by atoms with Crippen LogP contribution in [0.4, 0.5) is 51.2 Å². The van der Waals surface area contributed by atoms with E-state index in [0.717, 1.165) is 42.7 Å². The Kier molecular flexibility index (Phi) is 10.1. The molecule has 0 aromatic heterocycles. The molecule has 0 bridgehead atoms. The van der Waals surface area contributed by atoms with Gasteiger partial charge in [0.15, 0.2) is 0 Å². The third-order valence-electron chi connectivity index (χ3n) is 16.0. The van der Waals surface area contributed by atoms with Crippen molar-refractivity contribution in [3.63, 3.8) is 0 Å². The lowest BCUT2D eigenvalue weighted by Gasteiger charge is -2.46. The van der Waals surface area contributed by atoms with E-state index in [4.69, 9.17) is 0 Å². The molecular weight excluding hydrogens is 810 g/mol. The van der Waals surface area contributed by atoms with Crippen molar-refractivity contribution in [2.45, 2.75) is 126 Å². The van der Waals surface area contributed by atoms with Gasteiger partial charge in [-0.2, -0.15) is 0 Å². The number of aryl methyl sites for hydroxylation is 2. The minimum atomic E-state index is 0.0378. The molecule has 0 radical (unpaired) electrons. The number of para-hydroxylation sites is 2. The van der Waals surface area contributed by atoms with Gasteiger partial charge in [0.25, 0.3) is 6.71 Å². The van der Waals surface area contributed by atoms with Crippen LogP contribution >= 0.6 is 0 Å². The first-order valence-corrected chi connectivity index (χ1v) is 25.1. The summed E-state index contributed by atoms with van der Waals surface area (Å²) in [7, 11) is 0. The first-order valence-electron chi connectivity index (χ1n) is 25.1. The number of hydrogen-bond donors (Lipinski definition) is 0. The summed E-state index contributed by atoms with van der Waals surface area (Å²) in [5.74, 6) is 1.18. The van der Waals surface area contributed by atoms with Crippen molar-refractivity contribution in [2.75, 3.05) is 14.7 Å². The molecule has 7 aromatic carbocycles. The molecule has 2 aliphatic heterocycles. The van der Waals surface area contributed by atoms with Crippen LogP contribution in [0.25, 0.3) is 0 Å². The molecule has 0 spiro atoms. The third-order valence-corrected chi connectivity index (χ3v) is 16.0. The predicted octanol–water partition coefficient (Wildman–Crippen LogP) is 15.3. The zero-order valence-corrected chi connectivity index (χ0v) is 42.1. The molecule has 0 saturated carbocycles. The van der Waals surface area contributed by atoms with Crippen LogP contribution in [0.3, 0.4) is 0 Å². The van der Waals surface area contributed by atoms with E-state index in [2.05, 4.69) is 231 Å². The Morgan fingerprint density at radius 2 is 1.01 bits per heavy atom. The molecule has 0 fully saturated rings. The summed E-state index contributed by atoms with van der Waals surface area (Å²) in [6.07, 6.45) is 4.47. The van der Waals surface area contributed by atoms with Gasteiger partial charge in [-0.3, -0.25) is 0 Å². The average molecular weight is 878 g/mol. The Labute approximate surface area is 402 Å². The lowest BCUT2D eigenvalue weighted by molar-refractivity contribution is 0.392. The predicted molar refractivity (Wildman–Crippen MR) is 289 cm³/mol. The first-order chi connectivity index (χ1) is 31.9. The van der Waals surface area contributed by atoms with Crippen LogP contribution in [-0.4, -0.2) is 6.71 Å². The largest absolute Gasteiger partial charge is 0.311 e. The molecule has 67 heavy (non-hydrogen) atoms. The summed E-state index contributed by atoms with van der Waals surface area (Å²) in [6, 6.07) is 52.5. The SMILES string of the molecule is CCC1c2cc3c(cc2CC1C)N(c1ccccc1C)c1cc(N(c2ccc(C(C)(C)C)cc2)c2ccc(C(C)(C)C)cc2)cc2c1B3c1cc3c(cc1N2c1ccccc1C)CC(C)(C)C3. The third kappa shape index (κ3) is 7.15. The van der Waals surface area contributed by atoms with E-state index in [9.17, 15) is 0 Å². The Bertz CT molecular complexity index is 3030. The molecule has 0 N–H and O–H groups in total. The van der Waals surface area contributed by atoms with Crippen molar-refractivity contribution in [2.24, 2.45) is 11.3 Å². The van der Waals surface area contributed by atoms with Crippen LogP contribution < -0.4 is 31.1 Å². The summed E-state index contributed by atoms with van der Waals surface area (Å²) in [6.45, 7) is 28.2. The van der Waals surface area contributed by atoms with Gasteiger partial charge in [-0.1, -0.05) is 142 Å². The van der Waals surface area contributed by atoms with Crippen molar-refractivity contribution in [1.29, 1.82) is 0 Å². The summed E-state index contributed by atoms with van der Waals surface area (Å²) in [4.78, 5) is 7.84. The Hall–Kier alpha value is -6.00. The number of benzene rings is 7. The van der Waals surface area contributed by atoms with Gasteiger partial charge < -0.3 is 14.7 Å². The molecular formula is C63H68BN3. The molecule has 0 saturated heterocycles. The van der Waals surface area contributed by atoms with E-state index in [0.29, 0.717) is 11.8 Å². The highest BCUT2D eigenvalue weighted by molar-refractivity contribution is 7.00. The second-order valence-corrected chi connectivity index (χ2v) is 23.5. The van der Waals surface area contributed by atoms with E-state index in [1.807, 2.05) is 0 Å². The minimum Gasteiger partial charge on any atom is -0.311 e. The van der Waals surface area contributed by atoms with Crippen LogP contribution in [0.2, 0.25) is 0 Å². The highest BCUT2D eigenvalue weighted by Gasteiger charge is 2.47. The molecule has 2 atom stereocenters. The molecule has 4 aliphatic rings. The maximum atomic E-state index is 2.68. The summed E-state index contributed by atoms with van der Waals surface area (Å²) >= 11 is 0. The monoisotopic (exact) mass is 878 g/mol. The average Bonchev–Trinajstić information content (AvgIpc) is 3.77. The summed E-state index contributed by atoms with van der Waals surface area (Å²) in [5, 5.41) is 0. The van der Waals surface area contributed by atoms with Crippen LogP contribution in [0.5, 0.6) is 0 Å². The summed E-state index contributed by atoms with van der Waals surface area (Å²) < 4.78 is 0. The van der Waals surface area contributed by atoms with Crippen LogP contribution in [-0.2, 0) is 30.1 Å². The Morgan fingerprint density at radius 1 is 0.552 bits per heavy atom. The van der Waals surface area contributed by atoms with Crippen molar-refractivity contribution in [1.82, 2.24) is 0 Å². The van der Waals surface area contributed by atoms with Crippen molar-refractivity contribution in [3.8, 4) is 0 Å². The molecule has 2 unspecified atom stereocenters. The van der Waals surface area contributed by atoms with E-state index < -0.39 is 0 Å².